The Labute approximate surface area is 299 Å². The van der Waals surface area contributed by atoms with Gasteiger partial charge >= 0.3 is 0 Å². The summed E-state index contributed by atoms with van der Waals surface area (Å²) in [5.74, 6) is 0.868. The van der Waals surface area contributed by atoms with E-state index in [2.05, 4.69) is 136 Å². The number of imidazole rings is 1. The van der Waals surface area contributed by atoms with Crippen molar-refractivity contribution in [2.45, 2.75) is 57.8 Å². The Morgan fingerprint density at radius 1 is 0.471 bits per heavy atom. The third kappa shape index (κ3) is 3.89. The summed E-state index contributed by atoms with van der Waals surface area (Å²) < 4.78 is 2.29. The van der Waals surface area contributed by atoms with Gasteiger partial charge in [-0.2, -0.15) is 0 Å². The largest absolute Gasteiger partial charge is 0.309 e. The molecule has 4 aromatic carbocycles. The highest BCUT2D eigenvalue weighted by Gasteiger charge is 2.51. The van der Waals surface area contributed by atoms with Crippen molar-refractivity contribution in [1.29, 1.82) is 0 Å². The summed E-state index contributed by atoms with van der Waals surface area (Å²) in [6.45, 7) is 14.4. The zero-order valence-electron chi connectivity index (χ0n) is 29.9. The first-order valence-electron chi connectivity index (χ1n) is 17.9. The fourth-order valence-corrected chi connectivity index (χ4v) is 9.18. The van der Waals surface area contributed by atoms with Gasteiger partial charge in [0.15, 0.2) is 0 Å². The fraction of sp³-hybridized carbons (Fsp3) is 0.196. The molecule has 0 N–H and O–H groups in total. The maximum atomic E-state index is 5.54. The maximum absolute atomic E-state index is 5.54. The van der Waals surface area contributed by atoms with Crippen LogP contribution in [0, 0.1) is 0 Å². The minimum atomic E-state index is -0.268. The van der Waals surface area contributed by atoms with Crippen molar-refractivity contribution in [2.75, 3.05) is 4.90 Å². The van der Waals surface area contributed by atoms with Gasteiger partial charge in [0.05, 0.1) is 28.5 Å². The second-order valence-corrected chi connectivity index (χ2v) is 15.8. The zero-order chi connectivity index (χ0) is 34.9. The Balaban J connectivity index is 1.33. The minimum Gasteiger partial charge on any atom is -0.309 e. The van der Waals surface area contributed by atoms with Gasteiger partial charge in [-0.3, -0.25) is 14.5 Å². The summed E-state index contributed by atoms with van der Waals surface area (Å²) in [6.07, 6.45) is 3.69. The number of hydrogen-bond donors (Lipinski definition) is 0. The Hall–Kier alpha value is -5.81. The molecule has 0 bridgehead atoms. The van der Waals surface area contributed by atoms with Crippen molar-refractivity contribution < 1.29 is 0 Å². The van der Waals surface area contributed by atoms with Crippen molar-refractivity contribution in [1.82, 2.24) is 19.5 Å². The van der Waals surface area contributed by atoms with Crippen LogP contribution in [0.3, 0.4) is 0 Å². The summed E-state index contributed by atoms with van der Waals surface area (Å²) in [5.41, 5.74) is 17.0. The van der Waals surface area contributed by atoms with Gasteiger partial charge in [-0.25, -0.2) is 4.98 Å². The standard InChI is InChI=1S/C46H39N5/c1-44(2)30-18-14-20-32-39(30)51-40-31(44)19-15-21-33(40)46(5,6)35-27-28(26-34(41(35)51)45(32,3)4)43-49-38(36-22-10-12-24-47-36)42(37-23-11-13-25-48-37)50(43)29-16-8-7-9-17-29/h7-27H,1-6H3. The molecule has 3 aliphatic rings. The summed E-state index contributed by atoms with van der Waals surface area (Å²) in [7, 11) is 0. The van der Waals surface area contributed by atoms with Crippen molar-refractivity contribution in [3.63, 3.8) is 0 Å². The van der Waals surface area contributed by atoms with Gasteiger partial charge in [0, 0.05) is 39.9 Å². The van der Waals surface area contributed by atoms with Crippen LogP contribution in [0.15, 0.2) is 128 Å². The van der Waals surface area contributed by atoms with E-state index in [1.54, 1.807) is 0 Å². The Bertz CT molecular complexity index is 2450. The Kier molecular flexibility index (Phi) is 5.97. The number of para-hydroxylation sites is 3. The van der Waals surface area contributed by atoms with Crippen LogP contribution in [0.5, 0.6) is 0 Å². The van der Waals surface area contributed by atoms with Crippen molar-refractivity contribution in [3.8, 4) is 39.9 Å². The number of pyridine rings is 2. The summed E-state index contributed by atoms with van der Waals surface area (Å²) in [4.78, 5) is 17.8. The molecule has 0 amide bonds. The molecular formula is C46H39N5. The van der Waals surface area contributed by atoms with Gasteiger partial charge in [0.2, 0.25) is 0 Å². The molecule has 0 spiro atoms. The fourth-order valence-electron chi connectivity index (χ4n) is 9.18. The van der Waals surface area contributed by atoms with Crippen LogP contribution in [-0.2, 0) is 16.2 Å². The van der Waals surface area contributed by atoms with E-state index in [0.29, 0.717) is 0 Å². The Morgan fingerprint density at radius 2 is 0.941 bits per heavy atom. The highest BCUT2D eigenvalue weighted by atomic mass is 15.2. The average Bonchev–Trinajstić information content (AvgIpc) is 3.56. The summed E-state index contributed by atoms with van der Waals surface area (Å²) in [6, 6.07) is 41.4. The summed E-state index contributed by atoms with van der Waals surface area (Å²) in [5, 5.41) is 0. The van der Waals surface area contributed by atoms with Crippen LogP contribution in [0.1, 0.15) is 74.9 Å². The monoisotopic (exact) mass is 661 g/mol. The van der Waals surface area contributed by atoms with Crippen LogP contribution in [0.25, 0.3) is 39.9 Å². The lowest BCUT2D eigenvalue weighted by atomic mass is 9.60. The molecule has 5 nitrogen and oxygen atoms in total. The number of nitrogens with zero attached hydrogens (tertiary/aromatic N) is 5. The number of rotatable bonds is 4. The predicted octanol–water partition coefficient (Wildman–Crippen LogP) is 11.1. The van der Waals surface area contributed by atoms with Gasteiger partial charge in [-0.05, 0) is 81.9 Å². The lowest BCUT2D eigenvalue weighted by Gasteiger charge is -2.55. The second-order valence-electron chi connectivity index (χ2n) is 15.8. The van der Waals surface area contributed by atoms with E-state index in [1.807, 2.05) is 42.7 Å². The Morgan fingerprint density at radius 3 is 1.45 bits per heavy atom. The SMILES string of the molecule is CC1(C)c2cccc3c2N2c4c1cccc4C(C)(C)c1cc(-c4nc(-c5ccccn5)c(-c5ccccn5)n4-c4ccccc4)cc(c12)C3(C)C. The topological polar surface area (TPSA) is 46.8 Å². The first-order valence-corrected chi connectivity index (χ1v) is 17.9. The smallest absolute Gasteiger partial charge is 0.145 e. The van der Waals surface area contributed by atoms with E-state index in [1.165, 1.54) is 50.4 Å². The minimum absolute atomic E-state index is 0.127. The van der Waals surface area contributed by atoms with Crippen molar-refractivity contribution in [3.05, 3.63) is 161 Å². The molecule has 3 aromatic heterocycles. The van der Waals surface area contributed by atoms with E-state index in [4.69, 9.17) is 15.0 Å². The molecule has 10 rings (SSSR count). The molecule has 0 unspecified atom stereocenters. The molecule has 0 saturated heterocycles. The highest BCUT2D eigenvalue weighted by molar-refractivity contribution is 5.99. The summed E-state index contributed by atoms with van der Waals surface area (Å²) >= 11 is 0. The molecular weight excluding hydrogens is 623 g/mol. The predicted molar refractivity (Wildman–Crippen MR) is 207 cm³/mol. The van der Waals surface area contributed by atoms with Crippen LogP contribution in [0.4, 0.5) is 17.1 Å². The molecule has 0 fully saturated rings. The third-order valence-electron chi connectivity index (χ3n) is 11.9. The molecule has 5 heteroatoms. The van der Waals surface area contributed by atoms with Crippen LogP contribution >= 0.6 is 0 Å². The van der Waals surface area contributed by atoms with E-state index in [0.717, 1.165) is 39.9 Å². The number of benzene rings is 4. The molecule has 0 radical (unpaired) electrons. The number of hydrogen-bond acceptors (Lipinski definition) is 4. The normalized spacial score (nSPS) is 16.5. The molecule has 0 aliphatic carbocycles. The van der Waals surface area contributed by atoms with E-state index in [9.17, 15) is 0 Å². The van der Waals surface area contributed by atoms with Crippen molar-refractivity contribution >= 4 is 17.1 Å². The quantitative estimate of drug-likeness (QED) is 0.188. The van der Waals surface area contributed by atoms with E-state index < -0.39 is 0 Å². The zero-order valence-corrected chi connectivity index (χ0v) is 29.9. The molecule has 0 saturated carbocycles. The van der Waals surface area contributed by atoms with Gasteiger partial charge in [-0.15, -0.1) is 0 Å². The van der Waals surface area contributed by atoms with Crippen LogP contribution in [0.2, 0.25) is 0 Å². The first kappa shape index (κ1) is 30.1. The second kappa shape index (κ2) is 10.1. The lowest BCUT2D eigenvalue weighted by molar-refractivity contribution is 0.567. The van der Waals surface area contributed by atoms with Gasteiger partial charge < -0.3 is 4.90 Å². The third-order valence-corrected chi connectivity index (χ3v) is 11.9. The molecule has 0 atom stereocenters. The molecule has 3 aliphatic heterocycles. The molecule has 6 heterocycles. The molecule has 51 heavy (non-hydrogen) atoms. The van der Waals surface area contributed by atoms with Gasteiger partial charge in [0.1, 0.15) is 17.2 Å². The average molecular weight is 662 g/mol. The number of aromatic nitrogens is 4. The van der Waals surface area contributed by atoms with Crippen molar-refractivity contribution in [2.24, 2.45) is 0 Å². The maximum Gasteiger partial charge on any atom is 0.145 e. The van der Waals surface area contributed by atoms with Crippen LogP contribution < -0.4 is 4.90 Å². The van der Waals surface area contributed by atoms with Gasteiger partial charge in [-0.1, -0.05) is 108 Å². The van der Waals surface area contributed by atoms with E-state index >= 15 is 0 Å². The molecule has 248 valence electrons. The van der Waals surface area contributed by atoms with Crippen LogP contribution in [-0.4, -0.2) is 19.5 Å². The highest BCUT2D eigenvalue weighted by Crippen LogP contribution is 2.66. The molecule has 7 aromatic rings. The van der Waals surface area contributed by atoms with Gasteiger partial charge in [0.25, 0.3) is 0 Å². The first-order chi connectivity index (χ1) is 24.6. The lowest BCUT2D eigenvalue weighted by Crippen LogP contribution is -2.43. The van der Waals surface area contributed by atoms with E-state index in [-0.39, 0.29) is 16.2 Å². The number of anilines is 3.